The average Bonchev–Trinajstić information content (AvgIpc) is 2.76. The van der Waals surface area contributed by atoms with Crippen molar-refractivity contribution in [1.82, 2.24) is 15.1 Å². The second-order valence-electron chi connectivity index (χ2n) is 5.12. The highest BCUT2D eigenvalue weighted by Gasteiger charge is 2.08. The van der Waals surface area contributed by atoms with Crippen molar-refractivity contribution < 1.29 is 0 Å². The van der Waals surface area contributed by atoms with Crippen LogP contribution >= 0.6 is 0 Å². The first-order valence-corrected chi connectivity index (χ1v) is 6.92. The molecule has 1 N–H and O–H groups in total. The lowest BCUT2D eigenvalue weighted by Gasteiger charge is -2.14. The van der Waals surface area contributed by atoms with Crippen molar-refractivity contribution in [3.05, 3.63) is 52.8 Å². The van der Waals surface area contributed by atoms with Gasteiger partial charge in [0.2, 0.25) is 0 Å². The smallest absolute Gasteiger partial charge is 0.0625 e. The highest BCUT2D eigenvalue weighted by atomic mass is 15.3. The van der Waals surface area contributed by atoms with Crippen molar-refractivity contribution in [2.24, 2.45) is 7.05 Å². The molecule has 19 heavy (non-hydrogen) atoms. The molecule has 0 spiro atoms. The maximum Gasteiger partial charge on any atom is 0.0625 e. The van der Waals surface area contributed by atoms with Gasteiger partial charge in [0.25, 0.3) is 0 Å². The van der Waals surface area contributed by atoms with Gasteiger partial charge in [-0.2, -0.15) is 5.10 Å². The van der Waals surface area contributed by atoms with Crippen LogP contribution in [0.1, 0.15) is 42.4 Å². The molecule has 2 rings (SSSR count). The van der Waals surface area contributed by atoms with Gasteiger partial charge in [-0.15, -0.1) is 0 Å². The predicted octanol–water partition coefficient (Wildman–Crippen LogP) is 3.14. The Hall–Kier alpha value is -1.61. The van der Waals surface area contributed by atoms with Gasteiger partial charge < -0.3 is 5.32 Å². The van der Waals surface area contributed by atoms with Gasteiger partial charge in [0, 0.05) is 19.6 Å². The van der Waals surface area contributed by atoms with Gasteiger partial charge >= 0.3 is 0 Å². The number of rotatable bonds is 5. The van der Waals surface area contributed by atoms with Crippen LogP contribution in [0, 0.1) is 6.92 Å². The summed E-state index contributed by atoms with van der Waals surface area (Å²) in [4.78, 5) is 0. The molecule has 0 fully saturated rings. The summed E-state index contributed by atoms with van der Waals surface area (Å²) in [6.07, 6.45) is 0.987. The van der Waals surface area contributed by atoms with Crippen LogP contribution in [-0.2, 0) is 20.0 Å². The maximum absolute atomic E-state index is 4.47. The van der Waals surface area contributed by atoms with Crippen molar-refractivity contribution in [1.29, 1.82) is 0 Å². The molecular weight excluding hydrogens is 234 g/mol. The van der Waals surface area contributed by atoms with Gasteiger partial charge in [0.05, 0.1) is 11.4 Å². The van der Waals surface area contributed by atoms with Crippen LogP contribution in [0.3, 0.4) is 0 Å². The molecule has 0 aliphatic heterocycles. The molecule has 0 saturated carbocycles. The summed E-state index contributed by atoms with van der Waals surface area (Å²) < 4.78 is 1.97. The molecule has 1 aromatic heterocycles. The topological polar surface area (TPSA) is 29.9 Å². The average molecular weight is 257 g/mol. The van der Waals surface area contributed by atoms with Gasteiger partial charge in [-0.3, -0.25) is 4.68 Å². The van der Waals surface area contributed by atoms with Gasteiger partial charge in [-0.25, -0.2) is 0 Å². The minimum Gasteiger partial charge on any atom is -0.305 e. The van der Waals surface area contributed by atoms with E-state index in [1.54, 1.807) is 0 Å². The number of hydrogen-bond donors (Lipinski definition) is 1. The van der Waals surface area contributed by atoms with Crippen molar-refractivity contribution in [2.75, 3.05) is 0 Å². The van der Waals surface area contributed by atoms with Crippen LogP contribution in [0.2, 0.25) is 0 Å². The minimum atomic E-state index is 0.347. The Morgan fingerprint density at radius 1 is 1.32 bits per heavy atom. The van der Waals surface area contributed by atoms with E-state index in [2.05, 4.69) is 61.5 Å². The maximum atomic E-state index is 4.47. The third-order valence-electron chi connectivity index (χ3n) is 3.52. The molecule has 1 atom stereocenters. The Kier molecular flexibility index (Phi) is 4.38. The molecule has 3 heteroatoms. The van der Waals surface area contributed by atoms with Crippen molar-refractivity contribution in [3.8, 4) is 0 Å². The second-order valence-corrected chi connectivity index (χ2v) is 5.12. The molecule has 0 amide bonds. The molecule has 0 aliphatic carbocycles. The zero-order chi connectivity index (χ0) is 13.8. The fourth-order valence-corrected chi connectivity index (χ4v) is 2.22. The Balaban J connectivity index is 2.00. The van der Waals surface area contributed by atoms with Gasteiger partial charge in [0.1, 0.15) is 0 Å². The first kappa shape index (κ1) is 13.8. The van der Waals surface area contributed by atoms with E-state index in [1.807, 2.05) is 11.7 Å². The third kappa shape index (κ3) is 3.44. The monoisotopic (exact) mass is 257 g/mol. The summed E-state index contributed by atoms with van der Waals surface area (Å²) >= 11 is 0. The fraction of sp³-hybridized carbons (Fsp3) is 0.438. The van der Waals surface area contributed by atoms with Crippen LogP contribution in [0.15, 0.2) is 30.3 Å². The quantitative estimate of drug-likeness (QED) is 0.891. The van der Waals surface area contributed by atoms with Gasteiger partial charge in [-0.1, -0.05) is 36.8 Å². The van der Waals surface area contributed by atoms with E-state index in [9.17, 15) is 0 Å². The lowest BCUT2D eigenvalue weighted by molar-refractivity contribution is 0.547. The van der Waals surface area contributed by atoms with E-state index in [-0.39, 0.29) is 0 Å². The number of hydrogen-bond acceptors (Lipinski definition) is 2. The molecule has 0 bridgehead atoms. The van der Waals surface area contributed by atoms with Gasteiger partial charge in [-0.05, 0) is 31.9 Å². The number of nitrogens with zero attached hydrogens (tertiary/aromatic N) is 2. The van der Waals surface area contributed by atoms with E-state index in [0.717, 1.165) is 18.7 Å². The predicted molar refractivity (Wildman–Crippen MR) is 79.0 cm³/mol. The van der Waals surface area contributed by atoms with Crippen molar-refractivity contribution in [2.45, 2.75) is 39.8 Å². The molecule has 0 aliphatic rings. The van der Waals surface area contributed by atoms with Crippen LogP contribution < -0.4 is 5.32 Å². The Morgan fingerprint density at radius 2 is 2.11 bits per heavy atom. The molecule has 3 nitrogen and oxygen atoms in total. The van der Waals surface area contributed by atoms with Gasteiger partial charge in [0.15, 0.2) is 0 Å². The summed E-state index contributed by atoms with van der Waals surface area (Å²) in [7, 11) is 2.01. The van der Waals surface area contributed by atoms with Crippen LogP contribution in [0.25, 0.3) is 0 Å². The normalized spacial score (nSPS) is 12.6. The molecule has 0 saturated heterocycles. The summed E-state index contributed by atoms with van der Waals surface area (Å²) in [6.45, 7) is 7.31. The highest BCUT2D eigenvalue weighted by molar-refractivity contribution is 5.24. The zero-order valence-corrected chi connectivity index (χ0v) is 12.3. The fourth-order valence-electron chi connectivity index (χ4n) is 2.22. The molecule has 0 radical (unpaired) electrons. The zero-order valence-electron chi connectivity index (χ0n) is 12.3. The molecule has 2 aromatic rings. The number of nitrogens with one attached hydrogen (secondary N) is 1. The summed E-state index contributed by atoms with van der Waals surface area (Å²) in [6, 6.07) is 11.2. The molecule has 102 valence electrons. The molecule has 1 heterocycles. The molecule has 0 unspecified atom stereocenters. The van der Waals surface area contributed by atoms with E-state index in [4.69, 9.17) is 0 Å². The first-order valence-electron chi connectivity index (χ1n) is 6.92. The highest BCUT2D eigenvalue weighted by Crippen LogP contribution is 2.14. The third-order valence-corrected chi connectivity index (χ3v) is 3.52. The Labute approximate surface area is 115 Å². The number of benzene rings is 1. The van der Waals surface area contributed by atoms with Crippen molar-refractivity contribution in [3.63, 3.8) is 0 Å². The van der Waals surface area contributed by atoms with E-state index >= 15 is 0 Å². The standard InChI is InChI=1S/C16H23N3/c1-5-15-10-16(19(4)18-15)11-17-13(3)14-8-6-7-12(2)9-14/h6-10,13,17H,5,11H2,1-4H3/t13-/m0/s1. The van der Waals surface area contributed by atoms with Crippen molar-refractivity contribution >= 4 is 0 Å². The second kappa shape index (κ2) is 6.02. The van der Waals surface area contributed by atoms with E-state index in [0.29, 0.717) is 6.04 Å². The Morgan fingerprint density at radius 3 is 2.74 bits per heavy atom. The van der Waals surface area contributed by atoms with E-state index < -0.39 is 0 Å². The lowest BCUT2D eigenvalue weighted by atomic mass is 10.1. The Bertz CT molecular complexity index is 543. The minimum absolute atomic E-state index is 0.347. The summed E-state index contributed by atoms with van der Waals surface area (Å²) in [5, 5.41) is 8.03. The lowest BCUT2D eigenvalue weighted by Crippen LogP contribution is -2.19. The van der Waals surface area contributed by atoms with Crippen LogP contribution in [0.4, 0.5) is 0 Å². The summed E-state index contributed by atoms with van der Waals surface area (Å²) in [5.41, 5.74) is 5.02. The summed E-state index contributed by atoms with van der Waals surface area (Å²) in [5.74, 6) is 0. The van der Waals surface area contributed by atoms with E-state index in [1.165, 1.54) is 16.8 Å². The number of aryl methyl sites for hydroxylation is 3. The largest absolute Gasteiger partial charge is 0.305 e. The number of aromatic nitrogens is 2. The first-order chi connectivity index (χ1) is 9.10. The van der Waals surface area contributed by atoms with Crippen LogP contribution in [0.5, 0.6) is 0 Å². The molecular formula is C16H23N3. The van der Waals surface area contributed by atoms with Crippen LogP contribution in [-0.4, -0.2) is 9.78 Å². The molecule has 1 aromatic carbocycles. The SMILES string of the molecule is CCc1cc(CN[C@@H](C)c2cccc(C)c2)n(C)n1.